The van der Waals surface area contributed by atoms with Gasteiger partial charge < -0.3 is 20.5 Å². The fourth-order valence-corrected chi connectivity index (χ4v) is 2.46. The van der Waals surface area contributed by atoms with Crippen LogP contribution in [0.1, 0.15) is 46.5 Å². The summed E-state index contributed by atoms with van der Waals surface area (Å²) in [7, 11) is 1.59. The summed E-state index contributed by atoms with van der Waals surface area (Å²) >= 11 is 0. The molecule has 122 valence electrons. The standard InChI is InChI=1S/C15H28N2O4/c1-11-5-7-15(8-6-11,12(18)19)10-17-13(20)16-9-14(2,3)21-4/h11H,5-10H2,1-4H3,(H,18,19)(H2,16,17,20). The van der Waals surface area contributed by atoms with Crippen molar-refractivity contribution in [2.75, 3.05) is 20.2 Å². The van der Waals surface area contributed by atoms with Crippen molar-refractivity contribution in [3.8, 4) is 0 Å². The zero-order valence-electron chi connectivity index (χ0n) is 13.5. The van der Waals surface area contributed by atoms with Gasteiger partial charge in [0, 0.05) is 20.2 Å². The molecule has 0 unspecified atom stereocenters. The molecule has 1 rings (SSSR count). The summed E-state index contributed by atoms with van der Waals surface area (Å²) < 4.78 is 5.22. The second-order valence-electron chi connectivity index (χ2n) is 6.77. The molecule has 1 aliphatic carbocycles. The predicted molar refractivity (Wildman–Crippen MR) is 80.2 cm³/mol. The highest BCUT2D eigenvalue weighted by molar-refractivity contribution is 5.78. The lowest BCUT2D eigenvalue weighted by Gasteiger charge is -2.35. The highest BCUT2D eigenvalue weighted by atomic mass is 16.5. The largest absolute Gasteiger partial charge is 0.481 e. The first-order valence-electron chi connectivity index (χ1n) is 7.51. The zero-order chi connectivity index (χ0) is 16.1. The molecule has 1 fully saturated rings. The normalized spacial score (nSPS) is 26.2. The van der Waals surface area contributed by atoms with Crippen LogP contribution in [0.3, 0.4) is 0 Å². The molecule has 1 saturated carbocycles. The molecule has 0 atom stereocenters. The first kappa shape index (κ1) is 17.8. The van der Waals surface area contributed by atoms with Gasteiger partial charge in [-0.25, -0.2) is 4.79 Å². The predicted octanol–water partition coefficient (Wildman–Crippen LogP) is 1.99. The zero-order valence-corrected chi connectivity index (χ0v) is 13.5. The summed E-state index contributed by atoms with van der Waals surface area (Å²) in [6.07, 6.45) is 3.03. The summed E-state index contributed by atoms with van der Waals surface area (Å²) in [4.78, 5) is 23.4. The number of carboxylic acids is 1. The number of nitrogens with one attached hydrogen (secondary N) is 2. The number of aliphatic carboxylic acids is 1. The molecule has 6 nitrogen and oxygen atoms in total. The van der Waals surface area contributed by atoms with E-state index in [0.717, 1.165) is 12.8 Å². The van der Waals surface area contributed by atoms with Gasteiger partial charge in [-0.1, -0.05) is 6.92 Å². The van der Waals surface area contributed by atoms with Gasteiger partial charge in [-0.3, -0.25) is 4.79 Å². The lowest BCUT2D eigenvalue weighted by Crippen LogP contribution is -2.50. The molecular weight excluding hydrogens is 272 g/mol. The van der Waals surface area contributed by atoms with Crippen molar-refractivity contribution in [2.45, 2.75) is 52.1 Å². The molecule has 1 aliphatic rings. The highest BCUT2D eigenvalue weighted by Crippen LogP contribution is 2.38. The number of hydrogen-bond donors (Lipinski definition) is 3. The quantitative estimate of drug-likeness (QED) is 0.700. The van der Waals surface area contributed by atoms with Crippen LogP contribution in [0.4, 0.5) is 4.79 Å². The van der Waals surface area contributed by atoms with Crippen LogP contribution in [-0.4, -0.2) is 42.9 Å². The van der Waals surface area contributed by atoms with Crippen molar-refractivity contribution in [1.29, 1.82) is 0 Å². The van der Waals surface area contributed by atoms with Crippen molar-refractivity contribution in [2.24, 2.45) is 11.3 Å². The number of methoxy groups -OCH3 is 1. The first-order chi connectivity index (χ1) is 9.71. The maximum atomic E-state index is 11.8. The Bertz CT molecular complexity index is 374. The van der Waals surface area contributed by atoms with Gasteiger partial charge in [0.2, 0.25) is 0 Å². The van der Waals surface area contributed by atoms with E-state index < -0.39 is 17.0 Å². The van der Waals surface area contributed by atoms with E-state index in [1.165, 1.54) is 0 Å². The van der Waals surface area contributed by atoms with Crippen LogP contribution in [0.15, 0.2) is 0 Å². The Morgan fingerprint density at radius 1 is 1.29 bits per heavy atom. The third-order valence-corrected chi connectivity index (χ3v) is 4.50. The molecule has 0 saturated heterocycles. The van der Waals surface area contributed by atoms with Gasteiger partial charge in [0.1, 0.15) is 0 Å². The van der Waals surface area contributed by atoms with Crippen LogP contribution >= 0.6 is 0 Å². The second-order valence-corrected chi connectivity index (χ2v) is 6.77. The van der Waals surface area contributed by atoms with E-state index in [4.69, 9.17) is 4.74 Å². The van der Waals surface area contributed by atoms with Crippen LogP contribution in [0.2, 0.25) is 0 Å². The highest BCUT2D eigenvalue weighted by Gasteiger charge is 2.41. The van der Waals surface area contributed by atoms with Crippen molar-refractivity contribution < 1.29 is 19.4 Å². The van der Waals surface area contributed by atoms with E-state index in [1.807, 2.05) is 13.8 Å². The maximum absolute atomic E-state index is 11.8. The van der Waals surface area contributed by atoms with Gasteiger partial charge in [-0.2, -0.15) is 0 Å². The molecule has 2 amide bonds. The lowest BCUT2D eigenvalue weighted by molar-refractivity contribution is -0.151. The Morgan fingerprint density at radius 3 is 2.33 bits per heavy atom. The van der Waals surface area contributed by atoms with Crippen LogP contribution in [-0.2, 0) is 9.53 Å². The first-order valence-corrected chi connectivity index (χ1v) is 7.51. The topological polar surface area (TPSA) is 87.7 Å². The molecule has 0 aromatic carbocycles. The summed E-state index contributed by atoms with van der Waals surface area (Å²) in [6, 6.07) is -0.348. The van der Waals surface area contributed by atoms with Crippen LogP contribution < -0.4 is 10.6 Å². The summed E-state index contributed by atoms with van der Waals surface area (Å²) in [5.74, 6) is -0.249. The minimum Gasteiger partial charge on any atom is -0.481 e. The number of carbonyl (C=O) groups is 2. The van der Waals surface area contributed by atoms with Gasteiger partial charge in [0.05, 0.1) is 11.0 Å². The Morgan fingerprint density at radius 2 is 1.86 bits per heavy atom. The number of carbonyl (C=O) groups excluding carboxylic acids is 1. The van der Waals surface area contributed by atoms with Gasteiger partial charge in [0.15, 0.2) is 0 Å². The second kappa shape index (κ2) is 7.11. The Balaban J connectivity index is 2.47. The van der Waals surface area contributed by atoms with E-state index in [2.05, 4.69) is 17.6 Å². The van der Waals surface area contributed by atoms with Crippen molar-refractivity contribution in [3.05, 3.63) is 0 Å². The van der Waals surface area contributed by atoms with Gasteiger partial charge in [0.25, 0.3) is 0 Å². The number of carboxylic acid groups (broad SMARTS) is 1. The Hall–Kier alpha value is -1.30. The van der Waals surface area contributed by atoms with Crippen LogP contribution in [0.25, 0.3) is 0 Å². The lowest BCUT2D eigenvalue weighted by atomic mass is 9.71. The van der Waals surface area contributed by atoms with Crippen molar-refractivity contribution >= 4 is 12.0 Å². The van der Waals surface area contributed by atoms with Crippen LogP contribution in [0, 0.1) is 11.3 Å². The fourth-order valence-electron chi connectivity index (χ4n) is 2.46. The molecule has 0 aromatic rings. The van der Waals surface area contributed by atoms with Gasteiger partial charge in [-0.15, -0.1) is 0 Å². The maximum Gasteiger partial charge on any atom is 0.314 e. The molecule has 0 spiro atoms. The molecule has 0 aliphatic heterocycles. The van der Waals surface area contributed by atoms with Gasteiger partial charge >= 0.3 is 12.0 Å². The van der Waals surface area contributed by atoms with Crippen LogP contribution in [0.5, 0.6) is 0 Å². The molecule has 6 heteroatoms. The van der Waals surface area contributed by atoms with E-state index in [1.54, 1.807) is 7.11 Å². The monoisotopic (exact) mass is 300 g/mol. The average molecular weight is 300 g/mol. The van der Waals surface area contributed by atoms with Crippen molar-refractivity contribution in [3.63, 3.8) is 0 Å². The average Bonchev–Trinajstić information content (AvgIpc) is 2.45. The van der Waals surface area contributed by atoms with E-state index in [9.17, 15) is 14.7 Å². The minimum atomic E-state index is -0.819. The Labute approximate surface area is 126 Å². The van der Waals surface area contributed by atoms with Gasteiger partial charge in [-0.05, 0) is 45.4 Å². The molecule has 0 heterocycles. The fraction of sp³-hybridized carbons (Fsp3) is 0.867. The summed E-state index contributed by atoms with van der Waals surface area (Å²) in [5.41, 5.74) is -1.26. The number of amides is 2. The molecule has 0 radical (unpaired) electrons. The molecule has 21 heavy (non-hydrogen) atoms. The van der Waals surface area contributed by atoms with E-state index >= 15 is 0 Å². The third kappa shape index (κ3) is 5.19. The molecule has 0 bridgehead atoms. The number of hydrogen-bond acceptors (Lipinski definition) is 3. The minimum absolute atomic E-state index is 0.175. The van der Waals surface area contributed by atoms with E-state index in [0.29, 0.717) is 25.3 Å². The third-order valence-electron chi connectivity index (χ3n) is 4.50. The summed E-state index contributed by atoms with van der Waals surface area (Å²) in [6.45, 7) is 6.42. The van der Waals surface area contributed by atoms with Crippen molar-refractivity contribution in [1.82, 2.24) is 10.6 Å². The smallest absolute Gasteiger partial charge is 0.314 e. The SMILES string of the molecule is COC(C)(C)CNC(=O)NCC1(C(=O)O)CCC(C)CC1. The molecule has 3 N–H and O–H groups in total. The molecule has 0 aromatic heterocycles. The number of ether oxygens (including phenoxy) is 1. The summed E-state index contributed by atoms with van der Waals surface area (Å²) in [5, 5.41) is 14.9. The molecular formula is C15H28N2O4. The Kier molecular flexibility index (Phi) is 6.01. The van der Waals surface area contributed by atoms with E-state index in [-0.39, 0.29) is 12.6 Å². The number of rotatable bonds is 6. The number of urea groups is 1.